The second-order valence-corrected chi connectivity index (χ2v) is 5.22. The van der Waals surface area contributed by atoms with E-state index in [1.165, 1.54) is 6.92 Å². The number of aryl methyl sites for hydroxylation is 1. The zero-order valence-electron chi connectivity index (χ0n) is 12.4. The molecular formula is C13H23N5O2. The fourth-order valence-electron chi connectivity index (χ4n) is 2.43. The minimum absolute atomic E-state index is 0.184. The molecule has 1 aliphatic heterocycles. The van der Waals surface area contributed by atoms with Crippen LogP contribution in [0.15, 0.2) is 0 Å². The first-order chi connectivity index (χ1) is 9.52. The van der Waals surface area contributed by atoms with Crippen molar-refractivity contribution in [1.29, 1.82) is 0 Å². The predicted molar refractivity (Wildman–Crippen MR) is 73.9 cm³/mol. The van der Waals surface area contributed by atoms with Gasteiger partial charge in [-0.2, -0.15) is 0 Å². The third-order valence-corrected chi connectivity index (χ3v) is 3.78. The fourth-order valence-corrected chi connectivity index (χ4v) is 2.43. The quantitative estimate of drug-likeness (QED) is 0.798. The van der Waals surface area contributed by atoms with E-state index in [-0.39, 0.29) is 5.91 Å². The van der Waals surface area contributed by atoms with Crippen LogP contribution in [0, 0.1) is 0 Å². The Morgan fingerprint density at radius 3 is 2.35 bits per heavy atom. The van der Waals surface area contributed by atoms with E-state index in [4.69, 9.17) is 0 Å². The van der Waals surface area contributed by atoms with Crippen LogP contribution in [-0.4, -0.2) is 67.9 Å². The summed E-state index contributed by atoms with van der Waals surface area (Å²) in [6.45, 7) is 7.24. The third kappa shape index (κ3) is 3.16. The molecule has 1 atom stereocenters. The van der Waals surface area contributed by atoms with Gasteiger partial charge < -0.3 is 14.6 Å². The molecule has 20 heavy (non-hydrogen) atoms. The molecule has 1 aromatic heterocycles. The molecule has 1 aliphatic rings. The van der Waals surface area contributed by atoms with Gasteiger partial charge in [-0.1, -0.05) is 6.92 Å². The van der Waals surface area contributed by atoms with Crippen LogP contribution < -0.4 is 0 Å². The molecule has 0 spiro atoms. The van der Waals surface area contributed by atoms with Gasteiger partial charge in [0.25, 0.3) is 5.91 Å². The average Bonchev–Trinajstić information content (AvgIpc) is 2.79. The molecule has 1 amide bonds. The first-order valence-electron chi connectivity index (χ1n) is 7.09. The van der Waals surface area contributed by atoms with E-state index in [2.05, 4.69) is 22.0 Å². The fraction of sp³-hybridized carbons (Fsp3) is 0.769. The number of hydrogen-bond donors (Lipinski definition) is 1. The van der Waals surface area contributed by atoms with Crippen LogP contribution in [0.4, 0.5) is 0 Å². The summed E-state index contributed by atoms with van der Waals surface area (Å²) in [7, 11) is 1.99. The Morgan fingerprint density at radius 1 is 1.25 bits per heavy atom. The van der Waals surface area contributed by atoms with Crippen LogP contribution in [0.2, 0.25) is 0 Å². The summed E-state index contributed by atoms with van der Waals surface area (Å²) < 4.78 is 2.04. The monoisotopic (exact) mass is 281 g/mol. The Kier molecular flexibility index (Phi) is 4.72. The molecule has 7 heteroatoms. The lowest BCUT2D eigenvalue weighted by Gasteiger charge is -2.34. The topological polar surface area (TPSA) is 74.5 Å². The van der Waals surface area contributed by atoms with Gasteiger partial charge in [0.1, 0.15) is 17.8 Å². The van der Waals surface area contributed by atoms with Crippen LogP contribution in [0.25, 0.3) is 0 Å². The van der Waals surface area contributed by atoms with E-state index in [1.807, 2.05) is 11.6 Å². The lowest BCUT2D eigenvalue weighted by atomic mass is 10.2. The van der Waals surface area contributed by atoms with Crippen molar-refractivity contribution in [1.82, 2.24) is 24.6 Å². The highest BCUT2D eigenvalue weighted by molar-refractivity contribution is 5.80. The maximum absolute atomic E-state index is 11.7. The average molecular weight is 281 g/mol. The van der Waals surface area contributed by atoms with Gasteiger partial charge in [0.05, 0.1) is 6.54 Å². The molecule has 0 aromatic carbocycles. The number of rotatable bonds is 4. The second kappa shape index (κ2) is 6.32. The molecule has 112 valence electrons. The highest BCUT2D eigenvalue weighted by atomic mass is 16.3. The molecular weight excluding hydrogens is 258 g/mol. The number of amides is 1. The lowest BCUT2D eigenvalue weighted by molar-refractivity contribution is -0.141. The largest absolute Gasteiger partial charge is 0.384 e. The first-order valence-corrected chi connectivity index (χ1v) is 7.09. The second-order valence-electron chi connectivity index (χ2n) is 5.22. The Morgan fingerprint density at radius 2 is 1.85 bits per heavy atom. The van der Waals surface area contributed by atoms with Crippen LogP contribution in [0.1, 0.15) is 25.5 Å². The van der Waals surface area contributed by atoms with Crippen molar-refractivity contribution in [3.63, 3.8) is 0 Å². The van der Waals surface area contributed by atoms with Crippen LogP contribution in [-0.2, 0) is 24.8 Å². The summed E-state index contributed by atoms with van der Waals surface area (Å²) in [4.78, 5) is 15.7. The lowest BCUT2D eigenvalue weighted by Crippen LogP contribution is -2.50. The molecule has 7 nitrogen and oxygen atoms in total. The molecule has 0 radical (unpaired) electrons. The van der Waals surface area contributed by atoms with E-state index >= 15 is 0 Å². The zero-order chi connectivity index (χ0) is 14.7. The summed E-state index contributed by atoms with van der Waals surface area (Å²) in [6, 6.07) is 0. The van der Waals surface area contributed by atoms with E-state index in [1.54, 1.807) is 4.90 Å². The van der Waals surface area contributed by atoms with Crippen molar-refractivity contribution in [3.8, 4) is 0 Å². The van der Waals surface area contributed by atoms with Crippen molar-refractivity contribution in [2.24, 2.45) is 7.05 Å². The maximum Gasteiger partial charge on any atom is 0.251 e. The number of nitrogens with zero attached hydrogens (tertiary/aromatic N) is 5. The van der Waals surface area contributed by atoms with Crippen LogP contribution in [0.3, 0.4) is 0 Å². The minimum Gasteiger partial charge on any atom is -0.384 e. The number of carbonyl (C=O) groups is 1. The van der Waals surface area contributed by atoms with E-state index in [9.17, 15) is 9.90 Å². The number of aliphatic hydroxyl groups is 1. The Labute approximate surface area is 119 Å². The van der Waals surface area contributed by atoms with Gasteiger partial charge in [-0.25, -0.2) is 0 Å². The Hall–Kier alpha value is -1.47. The minimum atomic E-state index is -0.910. The zero-order valence-corrected chi connectivity index (χ0v) is 12.4. The SMILES string of the molecule is CCc1nnc(CN2CCN(C(=O)C(C)O)CC2)n1C. The highest BCUT2D eigenvalue weighted by Gasteiger charge is 2.24. The molecule has 0 aliphatic carbocycles. The molecule has 1 fully saturated rings. The van der Waals surface area contributed by atoms with Crippen molar-refractivity contribution in [2.45, 2.75) is 32.9 Å². The Balaban J connectivity index is 1.88. The summed E-state index contributed by atoms with van der Waals surface area (Å²) in [5.74, 6) is 1.76. The molecule has 2 heterocycles. The highest BCUT2D eigenvalue weighted by Crippen LogP contribution is 2.09. The number of hydrogen-bond acceptors (Lipinski definition) is 5. The van der Waals surface area contributed by atoms with Gasteiger partial charge >= 0.3 is 0 Å². The van der Waals surface area contributed by atoms with Crippen LogP contribution in [0.5, 0.6) is 0 Å². The normalized spacial score (nSPS) is 18.3. The number of piperazine rings is 1. The van der Waals surface area contributed by atoms with E-state index < -0.39 is 6.10 Å². The molecule has 1 aromatic rings. The molecule has 1 unspecified atom stereocenters. The van der Waals surface area contributed by atoms with Gasteiger partial charge in [-0.3, -0.25) is 9.69 Å². The van der Waals surface area contributed by atoms with Crippen molar-refractivity contribution in [3.05, 3.63) is 11.6 Å². The standard InChI is InChI=1S/C13H23N5O2/c1-4-11-14-15-12(16(11)3)9-17-5-7-18(8-6-17)13(20)10(2)19/h10,19H,4-9H2,1-3H3. The molecule has 0 saturated carbocycles. The number of aliphatic hydroxyl groups excluding tert-OH is 1. The van der Waals surface area contributed by atoms with Crippen molar-refractivity contribution >= 4 is 5.91 Å². The van der Waals surface area contributed by atoms with Crippen molar-refractivity contribution in [2.75, 3.05) is 26.2 Å². The smallest absolute Gasteiger partial charge is 0.251 e. The summed E-state index contributed by atoms with van der Waals surface area (Å²) in [5.41, 5.74) is 0. The predicted octanol–water partition coefficient (Wildman–Crippen LogP) is -0.597. The summed E-state index contributed by atoms with van der Waals surface area (Å²) in [5, 5.41) is 17.7. The number of aromatic nitrogens is 3. The molecule has 1 N–H and O–H groups in total. The number of carbonyl (C=O) groups excluding carboxylic acids is 1. The van der Waals surface area contributed by atoms with Crippen LogP contribution >= 0.6 is 0 Å². The van der Waals surface area contributed by atoms with Gasteiger partial charge in [-0.15, -0.1) is 10.2 Å². The summed E-state index contributed by atoms with van der Waals surface area (Å²) >= 11 is 0. The van der Waals surface area contributed by atoms with E-state index in [0.29, 0.717) is 13.1 Å². The van der Waals surface area contributed by atoms with Gasteiger partial charge in [0, 0.05) is 39.6 Å². The summed E-state index contributed by atoms with van der Waals surface area (Å²) in [6.07, 6.45) is -0.0346. The maximum atomic E-state index is 11.7. The van der Waals surface area contributed by atoms with E-state index in [0.717, 1.165) is 37.7 Å². The third-order valence-electron chi connectivity index (χ3n) is 3.78. The molecule has 2 rings (SSSR count). The van der Waals surface area contributed by atoms with Gasteiger partial charge in [0.15, 0.2) is 0 Å². The Bertz CT molecular complexity index is 463. The molecule has 0 bridgehead atoms. The molecule has 1 saturated heterocycles. The van der Waals surface area contributed by atoms with Gasteiger partial charge in [0.2, 0.25) is 0 Å². The van der Waals surface area contributed by atoms with Gasteiger partial charge in [-0.05, 0) is 6.92 Å². The van der Waals surface area contributed by atoms with Crippen molar-refractivity contribution < 1.29 is 9.90 Å². The first kappa shape index (κ1) is 14.9.